The third kappa shape index (κ3) is 1.17. The molecule has 2 nitrogen and oxygen atoms in total. The van der Waals surface area contributed by atoms with E-state index in [0.717, 1.165) is 20.9 Å². The first-order valence-electron chi connectivity index (χ1n) is 4.59. The standard InChI is InChI=1S/C12H6O2S2/c1-5-7-3-10-8(6(2)12(14)16-10)4-9(7)15-11(5)13/h3-4H,1-2H2. The molecule has 0 atom stereocenters. The number of hydrogen-bond donors (Lipinski definition) is 0. The number of carbonyl (C=O) groups is 2. The maximum absolute atomic E-state index is 11.5. The second-order valence-corrected chi connectivity index (χ2v) is 5.61. The Balaban J connectivity index is 2.24. The van der Waals surface area contributed by atoms with E-state index in [0.29, 0.717) is 11.1 Å². The second-order valence-electron chi connectivity index (χ2n) is 3.58. The molecule has 0 N–H and O–H groups in total. The Morgan fingerprint density at radius 1 is 0.812 bits per heavy atom. The zero-order valence-corrected chi connectivity index (χ0v) is 9.83. The van der Waals surface area contributed by atoms with Gasteiger partial charge in [0.15, 0.2) is 0 Å². The summed E-state index contributed by atoms with van der Waals surface area (Å²) in [5.41, 5.74) is 2.74. The van der Waals surface area contributed by atoms with Crippen LogP contribution in [0.3, 0.4) is 0 Å². The van der Waals surface area contributed by atoms with Crippen LogP contribution < -0.4 is 0 Å². The first kappa shape index (κ1) is 9.93. The zero-order chi connectivity index (χ0) is 11.4. The van der Waals surface area contributed by atoms with E-state index in [1.807, 2.05) is 12.1 Å². The molecule has 0 saturated carbocycles. The molecule has 2 aliphatic rings. The predicted molar refractivity (Wildman–Crippen MR) is 66.2 cm³/mol. The van der Waals surface area contributed by atoms with Gasteiger partial charge in [0, 0.05) is 32.1 Å². The number of thioether (sulfide) groups is 2. The molecule has 0 bridgehead atoms. The van der Waals surface area contributed by atoms with Crippen LogP contribution in [0.4, 0.5) is 0 Å². The SMILES string of the molecule is C=C1C(=O)Sc2cc3c(cc21)SC(=O)C3=C. The molecule has 0 spiro atoms. The van der Waals surface area contributed by atoms with Crippen molar-refractivity contribution in [1.82, 2.24) is 0 Å². The lowest BCUT2D eigenvalue weighted by atomic mass is 10.0. The van der Waals surface area contributed by atoms with Gasteiger partial charge < -0.3 is 0 Å². The number of rotatable bonds is 0. The van der Waals surface area contributed by atoms with Crippen LogP contribution in [-0.2, 0) is 9.59 Å². The molecule has 1 aromatic rings. The normalized spacial score (nSPS) is 18.0. The van der Waals surface area contributed by atoms with E-state index in [2.05, 4.69) is 13.2 Å². The fourth-order valence-electron chi connectivity index (χ4n) is 1.74. The largest absolute Gasteiger partial charge is 0.281 e. The van der Waals surface area contributed by atoms with Gasteiger partial charge in [-0.25, -0.2) is 0 Å². The summed E-state index contributed by atoms with van der Waals surface area (Å²) >= 11 is 2.34. The highest BCUT2D eigenvalue weighted by atomic mass is 32.2. The Kier molecular flexibility index (Phi) is 1.94. The van der Waals surface area contributed by atoms with Crippen LogP contribution >= 0.6 is 23.5 Å². The first-order valence-corrected chi connectivity index (χ1v) is 6.22. The minimum absolute atomic E-state index is 0.0133. The van der Waals surface area contributed by atoms with Gasteiger partial charge in [0.1, 0.15) is 0 Å². The second kappa shape index (κ2) is 3.12. The Hall–Kier alpha value is -1.26. The topological polar surface area (TPSA) is 34.1 Å². The number of benzene rings is 1. The van der Waals surface area contributed by atoms with Crippen LogP contribution in [0.1, 0.15) is 11.1 Å². The van der Waals surface area contributed by atoms with Crippen LogP contribution in [0, 0.1) is 0 Å². The number of hydrogen-bond acceptors (Lipinski definition) is 4. The van der Waals surface area contributed by atoms with E-state index in [4.69, 9.17) is 0 Å². The molecule has 4 heteroatoms. The highest BCUT2D eigenvalue weighted by Crippen LogP contribution is 2.47. The molecule has 1 aromatic carbocycles. The summed E-state index contributed by atoms with van der Waals surface area (Å²) in [6, 6.07) is 3.73. The Labute approximate surface area is 101 Å². The minimum Gasteiger partial charge on any atom is -0.281 e. The predicted octanol–water partition coefficient (Wildman–Crippen LogP) is 2.98. The van der Waals surface area contributed by atoms with Crippen LogP contribution in [0.5, 0.6) is 0 Å². The molecule has 0 unspecified atom stereocenters. The smallest absolute Gasteiger partial charge is 0.224 e. The third-order valence-corrected chi connectivity index (χ3v) is 4.61. The van der Waals surface area contributed by atoms with Crippen LogP contribution in [-0.4, -0.2) is 10.2 Å². The Bertz CT molecular complexity index is 546. The number of carbonyl (C=O) groups excluding carboxylic acids is 2. The van der Waals surface area contributed by atoms with Crippen LogP contribution in [0.15, 0.2) is 35.1 Å². The lowest BCUT2D eigenvalue weighted by Crippen LogP contribution is -1.86. The maximum atomic E-state index is 11.5. The monoisotopic (exact) mass is 246 g/mol. The van der Waals surface area contributed by atoms with E-state index in [1.54, 1.807) is 0 Å². The molecule has 0 amide bonds. The van der Waals surface area contributed by atoms with Gasteiger partial charge in [-0.1, -0.05) is 13.2 Å². The van der Waals surface area contributed by atoms with E-state index in [1.165, 1.54) is 23.5 Å². The molecular formula is C12H6O2S2. The van der Waals surface area contributed by atoms with Crippen molar-refractivity contribution in [3.05, 3.63) is 36.4 Å². The molecule has 16 heavy (non-hydrogen) atoms. The number of fused-ring (bicyclic) bond motifs is 2. The quantitative estimate of drug-likeness (QED) is 0.659. The lowest BCUT2D eigenvalue weighted by Gasteiger charge is -2.01. The molecule has 0 saturated heterocycles. The summed E-state index contributed by atoms with van der Waals surface area (Å²) in [5, 5.41) is -0.0266. The van der Waals surface area contributed by atoms with Gasteiger partial charge in [-0.2, -0.15) is 0 Å². The summed E-state index contributed by atoms with van der Waals surface area (Å²) < 4.78 is 0. The Morgan fingerprint density at radius 3 is 1.56 bits per heavy atom. The highest BCUT2D eigenvalue weighted by molar-refractivity contribution is 8.16. The van der Waals surface area contributed by atoms with Crippen molar-refractivity contribution in [3.63, 3.8) is 0 Å². The van der Waals surface area contributed by atoms with Crippen molar-refractivity contribution in [2.75, 3.05) is 0 Å². The summed E-state index contributed by atoms with van der Waals surface area (Å²) in [5.74, 6) is 0. The van der Waals surface area contributed by atoms with Gasteiger partial charge >= 0.3 is 0 Å². The molecule has 0 radical (unpaired) electrons. The zero-order valence-electron chi connectivity index (χ0n) is 8.20. The van der Waals surface area contributed by atoms with E-state index in [9.17, 15) is 9.59 Å². The molecule has 0 fully saturated rings. The Morgan fingerprint density at radius 2 is 1.19 bits per heavy atom. The van der Waals surface area contributed by atoms with Crippen molar-refractivity contribution >= 4 is 44.9 Å². The molecule has 78 valence electrons. The minimum atomic E-state index is -0.0133. The molecule has 0 aromatic heterocycles. The van der Waals surface area contributed by atoms with Crippen LogP contribution in [0.2, 0.25) is 0 Å². The van der Waals surface area contributed by atoms with E-state index >= 15 is 0 Å². The van der Waals surface area contributed by atoms with Crippen molar-refractivity contribution in [2.24, 2.45) is 0 Å². The van der Waals surface area contributed by atoms with Crippen molar-refractivity contribution < 1.29 is 9.59 Å². The van der Waals surface area contributed by atoms with Crippen LogP contribution in [0.25, 0.3) is 11.1 Å². The fourth-order valence-corrected chi connectivity index (χ4v) is 3.55. The molecule has 2 aliphatic heterocycles. The van der Waals surface area contributed by atoms with Gasteiger partial charge in [0.05, 0.1) is 0 Å². The van der Waals surface area contributed by atoms with E-state index in [-0.39, 0.29) is 10.2 Å². The van der Waals surface area contributed by atoms with Crippen molar-refractivity contribution in [2.45, 2.75) is 9.79 Å². The summed E-state index contributed by atoms with van der Waals surface area (Å²) in [6.07, 6.45) is 0. The van der Waals surface area contributed by atoms with Gasteiger partial charge in [0.2, 0.25) is 10.2 Å². The van der Waals surface area contributed by atoms with E-state index < -0.39 is 0 Å². The average molecular weight is 246 g/mol. The van der Waals surface area contributed by atoms with Gasteiger partial charge in [0.25, 0.3) is 0 Å². The van der Waals surface area contributed by atoms with Gasteiger partial charge in [-0.3, -0.25) is 9.59 Å². The fraction of sp³-hybridized carbons (Fsp3) is 0. The third-order valence-electron chi connectivity index (χ3n) is 2.63. The molecule has 0 aliphatic carbocycles. The van der Waals surface area contributed by atoms with Crippen molar-refractivity contribution in [3.8, 4) is 0 Å². The van der Waals surface area contributed by atoms with Gasteiger partial charge in [-0.15, -0.1) is 0 Å². The summed E-state index contributed by atoms with van der Waals surface area (Å²) in [7, 11) is 0. The molecule has 3 rings (SSSR count). The molecular weight excluding hydrogens is 240 g/mol. The maximum Gasteiger partial charge on any atom is 0.224 e. The highest BCUT2D eigenvalue weighted by Gasteiger charge is 2.30. The lowest BCUT2D eigenvalue weighted by molar-refractivity contribution is -0.106. The first-order chi connectivity index (χ1) is 7.58. The molecule has 2 heterocycles. The van der Waals surface area contributed by atoms with Gasteiger partial charge in [-0.05, 0) is 35.7 Å². The summed E-state index contributed by atoms with van der Waals surface area (Å²) in [6.45, 7) is 7.51. The van der Waals surface area contributed by atoms with Crippen molar-refractivity contribution in [1.29, 1.82) is 0 Å². The summed E-state index contributed by atoms with van der Waals surface area (Å²) in [4.78, 5) is 24.7. The average Bonchev–Trinajstić information content (AvgIpc) is 2.67.